The summed E-state index contributed by atoms with van der Waals surface area (Å²) in [6.07, 6.45) is 2.43. The third-order valence-corrected chi connectivity index (χ3v) is 8.84. The lowest BCUT2D eigenvalue weighted by Crippen LogP contribution is -2.28. The first-order valence-electron chi connectivity index (χ1n) is 14.6. The Morgan fingerprint density at radius 3 is 2.62 bits per heavy atom. The summed E-state index contributed by atoms with van der Waals surface area (Å²) in [4.78, 5) is 22.6. The van der Waals surface area contributed by atoms with Crippen LogP contribution in [-0.2, 0) is 32.4 Å². The molecule has 1 aliphatic rings. The van der Waals surface area contributed by atoms with Gasteiger partial charge in [0.05, 0.1) is 28.1 Å². The van der Waals surface area contributed by atoms with Crippen LogP contribution in [0, 0.1) is 6.92 Å². The largest absolute Gasteiger partial charge is 0.493 e. The lowest BCUT2D eigenvalue weighted by Gasteiger charge is -2.29. The van der Waals surface area contributed by atoms with Crippen molar-refractivity contribution in [2.45, 2.75) is 57.3 Å². The topological polar surface area (TPSA) is 125 Å². The van der Waals surface area contributed by atoms with Crippen LogP contribution >= 0.6 is 0 Å². The zero-order valence-electron chi connectivity index (χ0n) is 25.7. The molecule has 0 aliphatic carbocycles. The lowest BCUT2D eigenvalue weighted by atomic mass is 9.86. The highest BCUT2D eigenvalue weighted by Crippen LogP contribution is 2.45. The number of aromatic nitrogens is 2. The van der Waals surface area contributed by atoms with Gasteiger partial charge in [-0.3, -0.25) is 4.98 Å². The van der Waals surface area contributed by atoms with Crippen LogP contribution in [0.3, 0.4) is 0 Å². The fraction of sp³-hybridized carbons (Fsp3) is 0.286. The van der Waals surface area contributed by atoms with Crippen LogP contribution in [0.4, 0.5) is 0 Å². The second kappa shape index (κ2) is 11.4. The molecule has 1 N–H and O–H groups in total. The van der Waals surface area contributed by atoms with Crippen LogP contribution in [0.2, 0.25) is 0 Å². The lowest BCUT2D eigenvalue weighted by molar-refractivity contribution is -0.160. The molecule has 0 amide bonds. The standard InChI is InChI=1S/C35H34N2O7S/c1-20-17-26-24(10-12-28(37-26)43-19-21-7-6-8-23(18-21)45(5,40)41)31(29(20)33(34(38)39)44-35(2,3)4)25-9-11-27-30-22(14-16-42-27)13-15-36-32(25)30/h6-13,15,17-18,33H,14,16,19H2,1-5H3,(H,38,39)/t33-/m0/s1. The number of sulfone groups is 1. The maximum Gasteiger partial charge on any atom is 0.337 e. The molecule has 9 nitrogen and oxygen atoms in total. The highest BCUT2D eigenvalue weighted by Gasteiger charge is 2.33. The van der Waals surface area contributed by atoms with E-state index in [9.17, 15) is 18.3 Å². The van der Waals surface area contributed by atoms with Gasteiger partial charge in [0.2, 0.25) is 5.88 Å². The normalized spacial score (nSPS) is 13.9. The molecule has 10 heteroatoms. The zero-order valence-corrected chi connectivity index (χ0v) is 26.6. The van der Waals surface area contributed by atoms with Gasteiger partial charge >= 0.3 is 5.97 Å². The molecule has 0 bridgehead atoms. The highest BCUT2D eigenvalue weighted by atomic mass is 32.2. The Balaban J connectivity index is 1.53. The van der Waals surface area contributed by atoms with E-state index in [1.165, 1.54) is 6.26 Å². The van der Waals surface area contributed by atoms with Crippen molar-refractivity contribution in [3.05, 3.63) is 89.1 Å². The molecule has 0 saturated carbocycles. The quantitative estimate of drug-likeness (QED) is 0.202. The summed E-state index contributed by atoms with van der Waals surface area (Å²) in [5.74, 6) is -0.0116. The molecule has 2 aromatic heterocycles. The van der Waals surface area contributed by atoms with Gasteiger partial charge in [0.15, 0.2) is 15.9 Å². The predicted octanol–water partition coefficient (Wildman–Crippen LogP) is 6.62. The number of hydrogen-bond donors (Lipinski definition) is 1. The summed E-state index contributed by atoms with van der Waals surface area (Å²) in [6, 6.07) is 17.9. The average Bonchev–Trinajstić information content (AvgIpc) is 2.98. The summed E-state index contributed by atoms with van der Waals surface area (Å²) in [7, 11) is -3.36. The number of ether oxygens (including phenoxy) is 3. The van der Waals surface area contributed by atoms with Crippen LogP contribution in [0.25, 0.3) is 32.9 Å². The summed E-state index contributed by atoms with van der Waals surface area (Å²) in [5, 5.41) is 12.1. The van der Waals surface area contributed by atoms with Crippen molar-refractivity contribution in [2.75, 3.05) is 12.9 Å². The average molecular weight is 627 g/mol. The van der Waals surface area contributed by atoms with Gasteiger partial charge in [0.1, 0.15) is 12.4 Å². The summed E-state index contributed by atoms with van der Waals surface area (Å²) >= 11 is 0. The Bertz CT molecular complexity index is 2070. The van der Waals surface area contributed by atoms with E-state index in [4.69, 9.17) is 24.2 Å². The molecule has 3 heterocycles. The van der Waals surface area contributed by atoms with E-state index in [0.29, 0.717) is 51.2 Å². The number of pyridine rings is 2. The van der Waals surface area contributed by atoms with E-state index >= 15 is 0 Å². The first kappa shape index (κ1) is 30.5. The van der Waals surface area contributed by atoms with Gasteiger partial charge in [-0.2, -0.15) is 0 Å². The molecule has 0 saturated heterocycles. The van der Waals surface area contributed by atoms with Gasteiger partial charge < -0.3 is 19.3 Å². The van der Waals surface area contributed by atoms with E-state index < -0.39 is 27.5 Å². The van der Waals surface area contributed by atoms with E-state index in [0.717, 1.165) is 28.7 Å². The Kier molecular flexibility index (Phi) is 7.74. The van der Waals surface area contributed by atoms with Crippen molar-refractivity contribution in [2.24, 2.45) is 0 Å². The monoisotopic (exact) mass is 626 g/mol. The molecular weight excluding hydrogens is 592 g/mol. The maximum atomic E-state index is 12.8. The van der Waals surface area contributed by atoms with Gasteiger partial charge in [-0.15, -0.1) is 0 Å². The number of hydrogen-bond acceptors (Lipinski definition) is 8. The zero-order chi connectivity index (χ0) is 32.1. The van der Waals surface area contributed by atoms with Crippen LogP contribution in [-0.4, -0.2) is 47.9 Å². The van der Waals surface area contributed by atoms with Crippen molar-refractivity contribution < 1.29 is 32.5 Å². The number of rotatable bonds is 8. The molecule has 232 valence electrons. The number of carbonyl (C=O) groups is 1. The van der Waals surface area contributed by atoms with E-state index in [1.54, 1.807) is 36.5 Å². The molecule has 6 rings (SSSR count). The molecule has 45 heavy (non-hydrogen) atoms. The smallest absolute Gasteiger partial charge is 0.337 e. The van der Waals surface area contributed by atoms with Gasteiger partial charge in [-0.25, -0.2) is 18.2 Å². The van der Waals surface area contributed by atoms with Crippen molar-refractivity contribution in [1.29, 1.82) is 0 Å². The second-order valence-electron chi connectivity index (χ2n) is 12.3. The van der Waals surface area contributed by atoms with Crippen LogP contribution in [0.5, 0.6) is 11.6 Å². The number of benzene rings is 3. The van der Waals surface area contributed by atoms with Crippen LogP contribution in [0.1, 0.15) is 49.1 Å². The summed E-state index contributed by atoms with van der Waals surface area (Å²) in [5.41, 5.74) is 5.02. The molecule has 5 aromatic rings. The second-order valence-corrected chi connectivity index (χ2v) is 14.3. The first-order valence-corrected chi connectivity index (χ1v) is 16.5. The molecule has 0 spiro atoms. The number of fused-ring (bicyclic) bond motifs is 1. The van der Waals surface area contributed by atoms with Crippen molar-refractivity contribution in [3.8, 4) is 22.8 Å². The minimum atomic E-state index is -3.36. The number of nitrogens with zero attached hydrogens (tertiary/aromatic N) is 2. The van der Waals surface area contributed by atoms with Gasteiger partial charge in [-0.05, 0) is 92.4 Å². The number of aliphatic carboxylic acids is 1. The Morgan fingerprint density at radius 1 is 1.09 bits per heavy atom. The van der Waals surface area contributed by atoms with E-state index in [-0.39, 0.29) is 11.5 Å². The number of carboxylic acid groups (broad SMARTS) is 1. The predicted molar refractivity (Wildman–Crippen MR) is 172 cm³/mol. The maximum absolute atomic E-state index is 12.8. The van der Waals surface area contributed by atoms with Gasteiger partial charge in [0.25, 0.3) is 0 Å². The molecular formula is C35H34N2O7S. The molecule has 0 fully saturated rings. The molecule has 3 aromatic carbocycles. The van der Waals surface area contributed by atoms with Crippen LogP contribution < -0.4 is 9.47 Å². The third-order valence-electron chi connectivity index (χ3n) is 7.73. The minimum absolute atomic E-state index is 0.116. The number of carboxylic acids is 1. The number of aryl methyl sites for hydroxylation is 1. The SMILES string of the molecule is Cc1cc2nc(OCc3cccc(S(C)(=O)=O)c3)ccc2c(-c2ccc3c4c(ccnc24)CCO3)c1[C@H](OC(C)(C)C)C(=O)O. The van der Waals surface area contributed by atoms with Crippen LogP contribution in [0.15, 0.2) is 71.8 Å². The van der Waals surface area contributed by atoms with Crippen molar-refractivity contribution in [3.63, 3.8) is 0 Å². The summed E-state index contributed by atoms with van der Waals surface area (Å²) in [6.45, 7) is 8.04. The van der Waals surface area contributed by atoms with Gasteiger partial charge in [0, 0.05) is 46.8 Å². The van der Waals surface area contributed by atoms with E-state index in [1.807, 2.05) is 58.0 Å². The fourth-order valence-electron chi connectivity index (χ4n) is 5.82. The Morgan fingerprint density at radius 2 is 1.89 bits per heavy atom. The first-order chi connectivity index (χ1) is 21.3. The Labute approximate surface area is 261 Å². The fourth-order valence-corrected chi connectivity index (χ4v) is 6.52. The molecule has 0 unspecified atom stereocenters. The summed E-state index contributed by atoms with van der Waals surface area (Å²) < 4.78 is 42.2. The minimum Gasteiger partial charge on any atom is -0.493 e. The molecule has 1 aliphatic heterocycles. The molecule has 1 atom stereocenters. The van der Waals surface area contributed by atoms with Crippen molar-refractivity contribution >= 4 is 37.6 Å². The molecule has 0 radical (unpaired) electrons. The third kappa shape index (κ3) is 6.08. The van der Waals surface area contributed by atoms with Gasteiger partial charge in [-0.1, -0.05) is 12.1 Å². The highest BCUT2D eigenvalue weighted by molar-refractivity contribution is 7.90. The van der Waals surface area contributed by atoms with E-state index in [2.05, 4.69) is 0 Å². The van der Waals surface area contributed by atoms with Crippen molar-refractivity contribution in [1.82, 2.24) is 9.97 Å². The Hall–Kier alpha value is -4.54.